The number of amides is 1. The molecule has 1 unspecified atom stereocenters. The predicted molar refractivity (Wildman–Crippen MR) is 81.8 cm³/mol. The fraction of sp³-hybridized carbons (Fsp3) is 0.643. The van der Waals surface area contributed by atoms with Crippen LogP contribution in [0.1, 0.15) is 45.1 Å². The third-order valence-corrected chi connectivity index (χ3v) is 4.65. The second-order valence-electron chi connectivity index (χ2n) is 5.95. The highest BCUT2D eigenvalue weighted by molar-refractivity contribution is 9.11. The Morgan fingerprint density at radius 2 is 2.26 bits per heavy atom. The molecule has 1 atom stereocenters. The Bertz CT molecular complexity index is 453. The number of thiophene rings is 1. The SMILES string of the molecule is CC(C)(C)OC(=O)N1CCCC(c2csc(Br)c2)C1. The smallest absolute Gasteiger partial charge is 0.410 e. The van der Waals surface area contributed by atoms with Gasteiger partial charge in [0.25, 0.3) is 0 Å². The largest absolute Gasteiger partial charge is 0.444 e. The van der Waals surface area contributed by atoms with Gasteiger partial charge >= 0.3 is 6.09 Å². The molecule has 0 spiro atoms. The van der Waals surface area contributed by atoms with Crippen LogP contribution in [0.25, 0.3) is 0 Å². The van der Waals surface area contributed by atoms with Gasteiger partial charge in [-0.15, -0.1) is 11.3 Å². The lowest BCUT2D eigenvalue weighted by molar-refractivity contribution is 0.0198. The average Bonchev–Trinajstić information content (AvgIpc) is 2.74. The van der Waals surface area contributed by atoms with Crippen LogP contribution in [0.3, 0.4) is 0 Å². The molecule has 1 aliphatic heterocycles. The van der Waals surface area contributed by atoms with E-state index in [1.807, 2.05) is 25.7 Å². The molecule has 0 aliphatic carbocycles. The lowest BCUT2D eigenvalue weighted by Crippen LogP contribution is -2.42. The van der Waals surface area contributed by atoms with Crippen LogP contribution in [-0.2, 0) is 4.74 Å². The number of likely N-dealkylation sites (tertiary alicyclic amines) is 1. The summed E-state index contributed by atoms with van der Waals surface area (Å²) in [7, 11) is 0. The third kappa shape index (κ3) is 4.21. The fourth-order valence-electron chi connectivity index (χ4n) is 2.28. The summed E-state index contributed by atoms with van der Waals surface area (Å²) >= 11 is 5.20. The van der Waals surface area contributed by atoms with Gasteiger partial charge < -0.3 is 9.64 Å². The number of rotatable bonds is 1. The highest BCUT2D eigenvalue weighted by atomic mass is 79.9. The van der Waals surface area contributed by atoms with E-state index in [1.165, 1.54) is 5.56 Å². The Labute approximate surface area is 127 Å². The van der Waals surface area contributed by atoms with Gasteiger partial charge in [-0.05, 0) is 66.6 Å². The molecule has 0 aromatic carbocycles. The Balaban J connectivity index is 1.99. The monoisotopic (exact) mass is 345 g/mol. The molecule has 1 aromatic rings. The minimum atomic E-state index is -0.421. The molecule has 5 heteroatoms. The van der Waals surface area contributed by atoms with Crippen molar-refractivity contribution in [3.05, 3.63) is 20.8 Å². The van der Waals surface area contributed by atoms with Gasteiger partial charge in [-0.25, -0.2) is 4.79 Å². The van der Waals surface area contributed by atoms with E-state index in [2.05, 4.69) is 27.4 Å². The van der Waals surface area contributed by atoms with Gasteiger partial charge in [-0.2, -0.15) is 0 Å². The second kappa shape index (κ2) is 5.83. The van der Waals surface area contributed by atoms with Crippen molar-refractivity contribution in [3.8, 4) is 0 Å². The molecule has 1 aromatic heterocycles. The molecule has 19 heavy (non-hydrogen) atoms. The van der Waals surface area contributed by atoms with Crippen molar-refractivity contribution in [2.45, 2.75) is 45.1 Å². The molecule has 1 aliphatic rings. The zero-order valence-corrected chi connectivity index (χ0v) is 14.0. The van der Waals surface area contributed by atoms with Crippen LogP contribution in [0.5, 0.6) is 0 Å². The first-order valence-corrected chi connectivity index (χ1v) is 8.24. The maximum Gasteiger partial charge on any atom is 0.410 e. The van der Waals surface area contributed by atoms with Crippen LogP contribution < -0.4 is 0 Å². The summed E-state index contributed by atoms with van der Waals surface area (Å²) in [4.78, 5) is 13.9. The van der Waals surface area contributed by atoms with E-state index >= 15 is 0 Å². The molecule has 3 nitrogen and oxygen atoms in total. The van der Waals surface area contributed by atoms with Crippen molar-refractivity contribution >= 4 is 33.4 Å². The maximum absolute atomic E-state index is 12.1. The van der Waals surface area contributed by atoms with Gasteiger partial charge in [0.15, 0.2) is 0 Å². The highest BCUT2D eigenvalue weighted by Gasteiger charge is 2.28. The quantitative estimate of drug-likeness (QED) is 0.742. The Morgan fingerprint density at radius 3 is 2.84 bits per heavy atom. The first-order chi connectivity index (χ1) is 8.85. The van der Waals surface area contributed by atoms with Crippen LogP contribution in [-0.4, -0.2) is 29.7 Å². The van der Waals surface area contributed by atoms with Crippen molar-refractivity contribution in [3.63, 3.8) is 0 Å². The van der Waals surface area contributed by atoms with Crippen molar-refractivity contribution < 1.29 is 9.53 Å². The Kier molecular flexibility index (Phi) is 4.56. The molecule has 0 radical (unpaired) electrons. The predicted octanol–water partition coefficient (Wildman–Crippen LogP) is 4.63. The van der Waals surface area contributed by atoms with Crippen molar-refractivity contribution in [2.24, 2.45) is 0 Å². The van der Waals surface area contributed by atoms with Crippen LogP contribution >= 0.6 is 27.3 Å². The molecule has 2 heterocycles. The number of halogens is 1. The molecular formula is C14H20BrNO2S. The lowest BCUT2D eigenvalue weighted by Gasteiger charge is -2.34. The van der Waals surface area contributed by atoms with E-state index < -0.39 is 5.60 Å². The topological polar surface area (TPSA) is 29.5 Å². The first kappa shape index (κ1) is 14.9. The lowest BCUT2D eigenvalue weighted by atomic mass is 9.93. The molecule has 106 valence electrons. The summed E-state index contributed by atoms with van der Waals surface area (Å²) in [6.07, 6.45) is 1.99. The van der Waals surface area contributed by atoms with Crippen LogP contribution in [0.15, 0.2) is 15.2 Å². The molecule has 1 amide bonds. The second-order valence-corrected chi connectivity index (χ2v) is 8.24. The van der Waals surface area contributed by atoms with Crippen molar-refractivity contribution in [1.29, 1.82) is 0 Å². The number of hydrogen-bond donors (Lipinski definition) is 0. The minimum absolute atomic E-state index is 0.188. The summed E-state index contributed by atoms with van der Waals surface area (Å²) in [5, 5.41) is 2.17. The van der Waals surface area contributed by atoms with Gasteiger partial charge in [0.2, 0.25) is 0 Å². The summed E-state index contributed by atoms with van der Waals surface area (Å²) in [5.74, 6) is 0.434. The number of nitrogens with zero attached hydrogens (tertiary/aromatic N) is 1. The standard InChI is InChI=1S/C14H20BrNO2S/c1-14(2,3)18-13(17)16-6-4-5-10(8-16)11-7-12(15)19-9-11/h7,9-10H,4-6,8H2,1-3H3. The van der Waals surface area contributed by atoms with E-state index in [9.17, 15) is 4.79 Å². The third-order valence-electron chi connectivity index (χ3n) is 3.13. The summed E-state index contributed by atoms with van der Waals surface area (Å²) in [5.41, 5.74) is 0.903. The molecule has 1 saturated heterocycles. The zero-order valence-electron chi connectivity index (χ0n) is 11.6. The highest BCUT2D eigenvalue weighted by Crippen LogP contribution is 2.32. The van der Waals surface area contributed by atoms with E-state index in [-0.39, 0.29) is 6.09 Å². The number of carbonyl (C=O) groups excluding carboxylic acids is 1. The average molecular weight is 346 g/mol. The van der Waals surface area contributed by atoms with E-state index in [4.69, 9.17) is 4.74 Å². The number of piperidine rings is 1. The minimum Gasteiger partial charge on any atom is -0.444 e. The van der Waals surface area contributed by atoms with Gasteiger partial charge in [-0.3, -0.25) is 0 Å². The van der Waals surface area contributed by atoms with E-state index in [0.29, 0.717) is 5.92 Å². The van der Waals surface area contributed by atoms with Gasteiger partial charge in [0.1, 0.15) is 5.60 Å². The summed E-state index contributed by atoms with van der Waals surface area (Å²) < 4.78 is 6.60. The van der Waals surface area contributed by atoms with E-state index in [0.717, 1.165) is 29.7 Å². The van der Waals surface area contributed by atoms with E-state index in [1.54, 1.807) is 11.3 Å². The normalized spacial score (nSPS) is 20.4. The fourth-order valence-corrected chi connectivity index (χ4v) is 3.54. The number of hydrogen-bond acceptors (Lipinski definition) is 3. The van der Waals surface area contributed by atoms with Gasteiger partial charge in [0, 0.05) is 19.0 Å². The Hall–Kier alpha value is -0.550. The molecule has 0 bridgehead atoms. The van der Waals surface area contributed by atoms with Gasteiger partial charge in [0.05, 0.1) is 3.79 Å². The summed E-state index contributed by atoms with van der Waals surface area (Å²) in [6.45, 7) is 7.28. The molecule has 2 rings (SSSR count). The molecule has 0 N–H and O–H groups in total. The molecule has 1 fully saturated rings. The number of carbonyl (C=O) groups is 1. The first-order valence-electron chi connectivity index (χ1n) is 6.57. The zero-order chi connectivity index (χ0) is 14.0. The molecular weight excluding hydrogens is 326 g/mol. The van der Waals surface area contributed by atoms with Crippen LogP contribution in [0.2, 0.25) is 0 Å². The van der Waals surface area contributed by atoms with Crippen molar-refractivity contribution in [2.75, 3.05) is 13.1 Å². The Morgan fingerprint density at radius 1 is 1.53 bits per heavy atom. The molecule has 0 saturated carbocycles. The maximum atomic E-state index is 12.1. The number of ether oxygens (including phenoxy) is 1. The van der Waals surface area contributed by atoms with Crippen LogP contribution in [0.4, 0.5) is 4.79 Å². The summed E-state index contributed by atoms with van der Waals surface area (Å²) in [6, 6.07) is 2.16. The van der Waals surface area contributed by atoms with Crippen LogP contribution in [0, 0.1) is 0 Å². The van der Waals surface area contributed by atoms with Gasteiger partial charge in [-0.1, -0.05) is 0 Å². The van der Waals surface area contributed by atoms with Crippen molar-refractivity contribution in [1.82, 2.24) is 4.90 Å².